The molecule has 1 N–H and O–H groups in total. The van der Waals surface area contributed by atoms with Gasteiger partial charge in [0.15, 0.2) is 9.84 Å². The molecule has 0 bridgehead atoms. The largest absolute Gasteiger partial charge is 0.480 e. The van der Waals surface area contributed by atoms with E-state index in [1.165, 1.54) is 0 Å². The van der Waals surface area contributed by atoms with Crippen LogP contribution in [0, 0.1) is 0 Å². The first-order valence-corrected chi connectivity index (χ1v) is 7.01. The normalized spacial score (nSPS) is 33.5. The number of aliphatic carboxylic acids is 1. The summed E-state index contributed by atoms with van der Waals surface area (Å²) in [6.07, 6.45) is 2.09. The van der Waals surface area contributed by atoms with E-state index in [4.69, 9.17) is 5.11 Å². The molecule has 0 radical (unpaired) electrons. The summed E-state index contributed by atoms with van der Waals surface area (Å²) in [4.78, 5) is 12.8. The van der Waals surface area contributed by atoms with Crippen LogP contribution in [0.1, 0.15) is 19.3 Å². The Bertz CT molecular complexity index is 370. The smallest absolute Gasteiger partial charge is 0.320 e. The van der Waals surface area contributed by atoms with Gasteiger partial charge in [0.2, 0.25) is 0 Å². The topological polar surface area (TPSA) is 74.7 Å². The number of hydrogen-bond donors (Lipinski definition) is 1. The fourth-order valence-corrected chi connectivity index (χ4v) is 4.27. The summed E-state index contributed by atoms with van der Waals surface area (Å²) in [7, 11) is -2.92. The summed E-state index contributed by atoms with van der Waals surface area (Å²) >= 11 is 0. The Morgan fingerprint density at radius 1 is 1.31 bits per heavy atom. The molecule has 16 heavy (non-hydrogen) atoms. The van der Waals surface area contributed by atoms with Gasteiger partial charge in [-0.25, -0.2) is 8.42 Å². The van der Waals surface area contributed by atoms with Gasteiger partial charge in [0.05, 0.1) is 11.5 Å². The molecule has 2 rings (SSSR count). The van der Waals surface area contributed by atoms with Crippen LogP contribution in [0.5, 0.6) is 0 Å². The molecule has 2 saturated heterocycles. The van der Waals surface area contributed by atoms with Crippen molar-refractivity contribution in [3.05, 3.63) is 0 Å². The predicted molar refractivity (Wildman–Crippen MR) is 61.7 cm³/mol. The molecular formula is C9H16ClNO4S. The fourth-order valence-electron chi connectivity index (χ4n) is 2.53. The number of halogens is 1. The molecule has 0 aromatic heterocycles. The van der Waals surface area contributed by atoms with Crippen molar-refractivity contribution >= 4 is 28.2 Å². The number of rotatable bonds is 2. The molecule has 2 aliphatic rings. The highest BCUT2D eigenvalue weighted by atomic mass is 35.5. The summed E-state index contributed by atoms with van der Waals surface area (Å²) < 4.78 is 22.6. The van der Waals surface area contributed by atoms with Crippen molar-refractivity contribution < 1.29 is 18.3 Å². The molecular weight excluding hydrogens is 254 g/mol. The summed E-state index contributed by atoms with van der Waals surface area (Å²) in [5.41, 5.74) is 0. The Hall–Kier alpha value is -0.330. The van der Waals surface area contributed by atoms with Crippen LogP contribution in [-0.2, 0) is 14.6 Å². The Morgan fingerprint density at radius 2 is 2.00 bits per heavy atom. The minimum absolute atomic E-state index is 0. The van der Waals surface area contributed by atoms with Gasteiger partial charge in [-0.05, 0) is 25.8 Å². The lowest BCUT2D eigenvalue weighted by Crippen LogP contribution is -2.43. The molecule has 2 aliphatic heterocycles. The number of nitrogens with zero attached hydrogens (tertiary/aromatic N) is 1. The van der Waals surface area contributed by atoms with Crippen molar-refractivity contribution in [3.8, 4) is 0 Å². The van der Waals surface area contributed by atoms with Crippen LogP contribution in [0.3, 0.4) is 0 Å². The first-order valence-electron chi connectivity index (χ1n) is 5.18. The van der Waals surface area contributed by atoms with Crippen LogP contribution in [0.4, 0.5) is 0 Å². The number of likely N-dealkylation sites (tertiary alicyclic amines) is 1. The second-order valence-electron chi connectivity index (χ2n) is 4.29. The predicted octanol–water partition coefficient (Wildman–Crippen LogP) is 0.144. The van der Waals surface area contributed by atoms with Gasteiger partial charge >= 0.3 is 5.97 Å². The lowest BCUT2D eigenvalue weighted by atomic mass is 10.2. The third-order valence-electron chi connectivity index (χ3n) is 3.26. The fraction of sp³-hybridized carbons (Fsp3) is 0.889. The van der Waals surface area contributed by atoms with E-state index in [0.717, 1.165) is 13.0 Å². The lowest BCUT2D eigenvalue weighted by Gasteiger charge is -2.26. The van der Waals surface area contributed by atoms with E-state index in [-0.39, 0.29) is 30.0 Å². The standard InChI is InChI=1S/C9H15NO4S.ClH/c11-9(12)8-2-1-4-10(8)7-3-5-15(13,14)6-7;/h7-8H,1-6H2,(H,11,12);1H/t7?,8-;/m0./s1. The summed E-state index contributed by atoms with van der Waals surface area (Å²) in [5, 5.41) is 8.98. The van der Waals surface area contributed by atoms with Crippen LogP contribution in [0.25, 0.3) is 0 Å². The molecule has 0 saturated carbocycles. The van der Waals surface area contributed by atoms with Crippen LogP contribution < -0.4 is 0 Å². The van der Waals surface area contributed by atoms with Gasteiger partial charge in [0, 0.05) is 6.04 Å². The number of carbonyl (C=O) groups is 1. The zero-order valence-corrected chi connectivity index (χ0v) is 10.5. The van der Waals surface area contributed by atoms with Crippen molar-refractivity contribution in [1.29, 1.82) is 0 Å². The third-order valence-corrected chi connectivity index (χ3v) is 5.01. The average Bonchev–Trinajstić information content (AvgIpc) is 2.69. The maximum atomic E-state index is 11.3. The molecule has 2 atom stereocenters. The van der Waals surface area contributed by atoms with E-state index in [9.17, 15) is 13.2 Å². The van der Waals surface area contributed by atoms with Crippen molar-refractivity contribution in [2.75, 3.05) is 18.1 Å². The van der Waals surface area contributed by atoms with E-state index in [1.807, 2.05) is 4.90 Å². The average molecular weight is 270 g/mol. The molecule has 5 nitrogen and oxygen atoms in total. The molecule has 0 amide bonds. The number of sulfone groups is 1. The molecule has 0 aromatic carbocycles. The Morgan fingerprint density at radius 3 is 2.50 bits per heavy atom. The molecule has 2 fully saturated rings. The van der Waals surface area contributed by atoms with Crippen LogP contribution in [-0.4, -0.2) is 54.5 Å². The van der Waals surface area contributed by atoms with Crippen LogP contribution in [0.2, 0.25) is 0 Å². The van der Waals surface area contributed by atoms with Crippen molar-refractivity contribution in [1.82, 2.24) is 4.90 Å². The molecule has 2 heterocycles. The van der Waals surface area contributed by atoms with E-state index < -0.39 is 21.8 Å². The highest BCUT2D eigenvalue weighted by molar-refractivity contribution is 7.91. The van der Waals surface area contributed by atoms with Crippen LogP contribution in [0.15, 0.2) is 0 Å². The first-order chi connectivity index (χ1) is 6.99. The minimum atomic E-state index is -2.92. The minimum Gasteiger partial charge on any atom is -0.480 e. The van der Waals surface area contributed by atoms with E-state index in [2.05, 4.69) is 0 Å². The van der Waals surface area contributed by atoms with E-state index in [0.29, 0.717) is 12.8 Å². The van der Waals surface area contributed by atoms with E-state index >= 15 is 0 Å². The lowest BCUT2D eigenvalue weighted by molar-refractivity contribution is -0.142. The van der Waals surface area contributed by atoms with Crippen molar-refractivity contribution in [3.63, 3.8) is 0 Å². The quantitative estimate of drug-likeness (QED) is 0.772. The van der Waals surface area contributed by atoms with Gasteiger partial charge < -0.3 is 5.11 Å². The monoisotopic (exact) mass is 269 g/mol. The zero-order valence-electron chi connectivity index (χ0n) is 8.83. The maximum absolute atomic E-state index is 11.3. The van der Waals surface area contributed by atoms with Crippen LogP contribution >= 0.6 is 12.4 Å². The molecule has 1 unspecified atom stereocenters. The highest BCUT2D eigenvalue weighted by Gasteiger charge is 2.40. The van der Waals surface area contributed by atoms with Gasteiger partial charge in [-0.2, -0.15) is 0 Å². The second kappa shape index (κ2) is 4.89. The Labute approximate surface area is 101 Å². The third kappa shape index (κ3) is 2.67. The highest BCUT2D eigenvalue weighted by Crippen LogP contribution is 2.26. The van der Waals surface area contributed by atoms with E-state index in [1.54, 1.807) is 0 Å². The molecule has 0 aliphatic carbocycles. The van der Waals surface area contributed by atoms with Gasteiger partial charge in [0.1, 0.15) is 6.04 Å². The molecule has 94 valence electrons. The molecule has 7 heteroatoms. The number of hydrogen-bond acceptors (Lipinski definition) is 4. The summed E-state index contributed by atoms with van der Waals surface area (Å²) in [5.74, 6) is -0.478. The van der Waals surface area contributed by atoms with Crippen molar-refractivity contribution in [2.45, 2.75) is 31.3 Å². The first kappa shape index (κ1) is 13.7. The second-order valence-corrected chi connectivity index (χ2v) is 6.52. The van der Waals surface area contributed by atoms with Gasteiger partial charge in [-0.1, -0.05) is 0 Å². The Kier molecular flexibility index (Phi) is 4.20. The van der Waals surface area contributed by atoms with Gasteiger partial charge in [-0.15, -0.1) is 12.4 Å². The zero-order chi connectivity index (χ0) is 11.1. The summed E-state index contributed by atoms with van der Waals surface area (Å²) in [6, 6.07) is -0.540. The SMILES string of the molecule is Cl.O=C(O)[C@@H]1CCCN1C1CCS(=O)(=O)C1. The van der Waals surface area contributed by atoms with Gasteiger partial charge in [-0.3, -0.25) is 9.69 Å². The summed E-state index contributed by atoms with van der Waals surface area (Å²) in [6.45, 7) is 0.719. The van der Waals surface area contributed by atoms with Crippen molar-refractivity contribution in [2.24, 2.45) is 0 Å². The number of carboxylic acid groups (broad SMARTS) is 1. The number of carboxylic acids is 1. The molecule has 0 spiro atoms. The van der Waals surface area contributed by atoms with Gasteiger partial charge in [0.25, 0.3) is 0 Å². The Balaban J connectivity index is 0.00000128. The molecule has 0 aromatic rings. The maximum Gasteiger partial charge on any atom is 0.320 e.